The first kappa shape index (κ1) is 28.0. The summed E-state index contributed by atoms with van der Waals surface area (Å²) in [6.45, 7) is 2.75. The van der Waals surface area contributed by atoms with Crippen LogP contribution in [0, 0.1) is 0 Å². The lowest BCUT2D eigenvalue weighted by Crippen LogP contribution is -2.69. The third kappa shape index (κ3) is 5.40. The van der Waals surface area contributed by atoms with Crippen LogP contribution in [0.1, 0.15) is 20.3 Å². The van der Waals surface area contributed by atoms with Crippen molar-refractivity contribution in [3.8, 4) is 0 Å². The first-order chi connectivity index (χ1) is 15.8. The Morgan fingerprint density at radius 3 is 2.03 bits per heavy atom. The van der Waals surface area contributed by atoms with Crippen molar-refractivity contribution in [2.75, 3.05) is 13.7 Å². The summed E-state index contributed by atoms with van der Waals surface area (Å²) in [5.41, 5.74) is 17.0. The lowest BCUT2D eigenvalue weighted by atomic mass is 9.84. The van der Waals surface area contributed by atoms with Crippen LogP contribution in [0.25, 0.3) is 0 Å². The summed E-state index contributed by atoms with van der Waals surface area (Å²) < 4.78 is 22.8. The van der Waals surface area contributed by atoms with E-state index in [4.69, 9.17) is 36.1 Å². The van der Waals surface area contributed by atoms with Crippen LogP contribution in [-0.2, 0) is 18.9 Å². The van der Waals surface area contributed by atoms with E-state index >= 15 is 0 Å². The molecule has 2 heterocycles. The van der Waals surface area contributed by atoms with Gasteiger partial charge in [0.1, 0.15) is 48.3 Å². The maximum absolute atomic E-state index is 11.1. The summed E-state index contributed by atoms with van der Waals surface area (Å²) in [4.78, 5) is 0. The SMILES string of the molecule is CN[C@H]1[C@H](O)[C@@H](O[C@H]2[C@H](O)[C@@H](O[C@H]3O[C@H]([C@@H](C)O)[C@@H](O)[C@H](O)[C@H]3N)[C@H](N)C[C@@H]2N)OC[C@@]1(C)O. The van der Waals surface area contributed by atoms with Crippen LogP contribution in [0.3, 0.4) is 0 Å². The van der Waals surface area contributed by atoms with Crippen molar-refractivity contribution in [3.05, 3.63) is 0 Å². The number of nitrogens with two attached hydrogens (primary N) is 3. The number of hydrogen-bond acceptors (Lipinski definition) is 14. The Labute approximate surface area is 197 Å². The summed E-state index contributed by atoms with van der Waals surface area (Å²) in [7, 11) is 1.58. The Morgan fingerprint density at radius 2 is 1.50 bits per heavy atom. The highest BCUT2D eigenvalue weighted by molar-refractivity contribution is 5.02. The molecule has 1 saturated carbocycles. The van der Waals surface area contributed by atoms with Gasteiger partial charge in [-0.15, -0.1) is 0 Å². The number of nitrogens with one attached hydrogen (secondary N) is 1. The minimum atomic E-state index is -1.46. The molecule has 0 radical (unpaired) electrons. The average Bonchev–Trinajstić information content (AvgIpc) is 2.75. The molecule has 3 aliphatic rings. The molecule has 0 aromatic heterocycles. The lowest BCUT2D eigenvalue weighted by Gasteiger charge is -2.49. The summed E-state index contributed by atoms with van der Waals surface area (Å²) >= 11 is 0. The third-order valence-corrected chi connectivity index (χ3v) is 6.95. The molecular formula is C20H40N4O10. The summed E-state index contributed by atoms with van der Waals surface area (Å²) in [6, 6.07) is -3.47. The zero-order valence-electron chi connectivity index (χ0n) is 19.5. The lowest BCUT2D eigenvalue weighted by molar-refractivity contribution is -0.319. The van der Waals surface area contributed by atoms with Crippen LogP contribution in [0.4, 0.5) is 0 Å². The molecule has 14 heteroatoms. The maximum atomic E-state index is 11.1. The summed E-state index contributed by atoms with van der Waals surface area (Å²) in [5.74, 6) is 0. The zero-order chi connectivity index (χ0) is 25.5. The van der Waals surface area contributed by atoms with E-state index in [1.807, 2.05) is 0 Å². The van der Waals surface area contributed by atoms with Crippen molar-refractivity contribution in [3.63, 3.8) is 0 Å². The molecule has 0 amide bonds. The van der Waals surface area contributed by atoms with E-state index in [-0.39, 0.29) is 13.0 Å². The van der Waals surface area contributed by atoms with Crippen molar-refractivity contribution in [2.24, 2.45) is 17.2 Å². The van der Waals surface area contributed by atoms with E-state index in [0.717, 1.165) is 0 Å². The van der Waals surface area contributed by atoms with E-state index in [9.17, 15) is 30.6 Å². The quantitative estimate of drug-likeness (QED) is 0.165. The van der Waals surface area contributed by atoms with Gasteiger partial charge in [0.2, 0.25) is 0 Å². The second-order valence-electron chi connectivity index (χ2n) is 9.82. The van der Waals surface area contributed by atoms with Crippen LogP contribution in [0.5, 0.6) is 0 Å². The average molecular weight is 497 g/mol. The second-order valence-corrected chi connectivity index (χ2v) is 9.82. The van der Waals surface area contributed by atoms with Gasteiger partial charge in [-0.05, 0) is 27.3 Å². The molecule has 14 nitrogen and oxygen atoms in total. The fourth-order valence-electron chi connectivity index (χ4n) is 4.95. The molecule has 3 rings (SSSR count). The molecule has 0 aromatic carbocycles. The fraction of sp³-hybridized carbons (Fsp3) is 1.00. The number of aliphatic hydroxyl groups excluding tert-OH is 5. The smallest absolute Gasteiger partial charge is 0.185 e. The van der Waals surface area contributed by atoms with E-state index in [1.54, 1.807) is 7.05 Å². The van der Waals surface area contributed by atoms with E-state index in [1.165, 1.54) is 13.8 Å². The van der Waals surface area contributed by atoms with Crippen molar-refractivity contribution >= 4 is 0 Å². The van der Waals surface area contributed by atoms with Crippen LogP contribution in [-0.4, -0.2) is 135 Å². The minimum Gasteiger partial charge on any atom is -0.391 e. The number of aliphatic hydroxyl groups is 6. The third-order valence-electron chi connectivity index (χ3n) is 6.95. The molecule has 2 aliphatic heterocycles. The number of rotatable bonds is 6. The monoisotopic (exact) mass is 496 g/mol. The van der Waals surface area contributed by atoms with Gasteiger partial charge in [0.25, 0.3) is 0 Å². The molecule has 0 spiro atoms. The van der Waals surface area contributed by atoms with Gasteiger partial charge in [-0.2, -0.15) is 0 Å². The minimum absolute atomic E-state index is 0.135. The molecule has 15 atom stereocenters. The van der Waals surface area contributed by atoms with Crippen LogP contribution in [0.2, 0.25) is 0 Å². The normalized spacial score (nSPS) is 53.5. The van der Waals surface area contributed by atoms with Gasteiger partial charge in [0, 0.05) is 12.1 Å². The fourth-order valence-corrected chi connectivity index (χ4v) is 4.95. The molecule has 0 bridgehead atoms. The van der Waals surface area contributed by atoms with Crippen molar-refractivity contribution < 1.29 is 49.6 Å². The molecule has 13 N–H and O–H groups in total. The molecule has 0 unspecified atom stereocenters. The Bertz CT molecular complexity index is 675. The Morgan fingerprint density at radius 1 is 0.941 bits per heavy atom. The Kier molecular flexibility index (Phi) is 8.92. The highest BCUT2D eigenvalue weighted by Gasteiger charge is 2.52. The number of ether oxygens (including phenoxy) is 4. The van der Waals surface area contributed by atoms with Gasteiger partial charge in [0.05, 0.1) is 24.8 Å². The molecule has 1 aliphatic carbocycles. The van der Waals surface area contributed by atoms with E-state index < -0.39 is 91.2 Å². The second kappa shape index (κ2) is 10.8. The topological polar surface area (TPSA) is 248 Å². The van der Waals surface area contributed by atoms with Gasteiger partial charge in [-0.25, -0.2) is 0 Å². The predicted octanol–water partition coefficient (Wildman–Crippen LogP) is -5.61. The highest BCUT2D eigenvalue weighted by Crippen LogP contribution is 2.32. The molecule has 0 aromatic rings. The van der Waals surface area contributed by atoms with E-state index in [2.05, 4.69) is 5.32 Å². The zero-order valence-corrected chi connectivity index (χ0v) is 19.5. The molecule has 2 saturated heterocycles. The van der Waals surface area contributed by atoms with Crippen molar-refractivity contribution in [2.45, 2.75) is 111 Å². The summed E-state index contributed by atoms with van der Waals surface area (Å²) in [5, 5.41) is 65.2. The van der Waals surface area contributed by atoms with Gasteiger partial charge in [0.15, 0.2) is 12.6 Å². The van der Waals surface area contributed by atoms with Gasteiger partial charge >= 0.3 is 0 Å². The van der Waals surface area contributed by atoms with Gasteiger partial charge < -0.3 is 72.1 Å². The van der Waals surface area contributed by atoms with Crippen LogP contribution >= 0.6 is 0 Å². The van der Waals surface area contributed by atoms with Crippen LogP contribution in [0.15, 0.2) is 0 Å². The molecule has 200 valence electrons. The van der Waals surface area contributed by atoms with Gasteiger partial charge in [-0.1, -0.05) is 0 Å². The standard InChI is InChI=1S/C20H40N4O10/c1-6(25)14-11(27)10(26)9(23)18(32-14)33-15-7(21)4-8(22)16(12(15)28)34-19-13(29)17(24-3)20(2,30)5-31-19/h6-19,24-30H,4-5,21-23H2,1-3H3/t6-,7-,8+,9-,10-,11+,12-,13+,14-,15+,16-,17+,18-,19-,20-/m1/s1. The number of likely N-dealkylation sites (N-methyl/N-ethyl adjacent to an activating group) is 1. The number of hydrogen-bond donors (Lipinski definition) is 10. The van der Waals surface area contributed by atoms with Crippen molar-refractivity contribution in [1.82, 2.24) is 5.32 Å². The predicted molar refractivity (Wildman–Crippen MR) is 116 cm³/mol. The van der Waals surface area contributed by atoms with Crippen LogP contribution < -0.4 is 22.5 Å². The highest BCUT2D eigenvalue weighted by atomic mass is 16.7. The largest absolute Gasteiger partial charge is 0.391 e. The summed E-state index contributed by atoms with van der Waals surface area (Å²) in [6.07, 6.45) is -12.4. The Balaban J connectivity index is 1.73. The molecule has 3 fully saturated rings. The Hall–Kier alpha value is -0.560. The molecule has 34 heavy (non-hydrogen) atoms. The first-order valence-electron chi connectivity index (χ1n) is 11.4. The van der Waals surface area contributed by atoms with Gasteiger partial charge in [-0.3, -0.25) is 0 Å². The first-order valence-corrected chi connectivity index (χ1v) is 11.4. The molecular weight excluding hydrogens is 456 g/mol. The van der Waals surface area contributed by atoms with E-state index in [0.29, 0.717) is 0 Å². The maximum Gasteiger partial charge on any atom is 0.185 e. The van der Waals surface area contributed by atoms with Crippen molar-refractivity contribution in [1.29, 1.82) is 0 Å².